The molecule has 0 fully saturated rings. The number of hydrogen-bond donors (Lipinski definition) is 1. The van der Waals surface area contributed by atoms with E-state index in [1.807, 2.05) is 20.0 Å². The van der Waals surface area contributed by atoms with E-state index in [0.717, 1.165) is 15.9 Å². The van der Waals surface area contributed by atoms with E-state index in [2.05, 4.69) is 10.4 Å². The predicted octanol–water partition coefficient (Wildman–Crippen LogP) is 4.50. The van der Waals surface area contributed by atoms with Gasteiger partial charge in [0.1, 0.15) is 4.83 Å². The number of thiophene rings is 1. The van der Waals surface area contributed by atoms with Crippen LogP contribution in [0.25, 0.3) is 10.2 Å². The van der Waals surface area contributed by atoms with Gasteiger partial charge in [-0.2, -0.15) is 5.10 Å². The topological polar surface area (TPSA) is 46.9 Å². The van der Waals surface area contributed by atoms with Gasteiger partial charge in [-0.05, 0) is 31.2 Å². The summed E-state index contributed by atoms with van der Waals surface area (Å²) >= 11 is 13.4. The molecule has 2 heterocycles. The van der Waals surface area contributed by atoms with Crippen molar-refractivity contribution in [3.05, 3.63) is 44.9 Å². The van der Waals surface area contributed by atoms with Crippen LogP contribution >= 0.6 is 34.5 Å². The molecule has 108 valence electrons. The zero-order chi connectivity index (χ0) is 15.1. The van der Waals surface area contributed by atoms with Gasteiger partial charge in [-0.15, -0.1) is 11.3 Å². The van der Waals surface area contributed by atoms with Crippen molar-refractivity contribution >= 4 is 56.3 Å². The van der Waals surface area contributed by atoms with Gasteiger partial charge < -0.3 is 5.32 Å². The fourth-order valence-electron chi connectivity index (χ4n) is 2.09. The molecule has 0 saturated heterocycles. The monoisotopic (exact) mass is 339 g/mol. The summed E-state index contributed by atoms with van der Waals surface area (Å²) < 4.78 is 1.78. The third-order valence-electron chi connectivity index (χ3n) is 3.10. The highest BCUT2D eigenvalue weighted by Gasteiger charge is 2.16. The maximum Gasteiger partial charge on any atom is 0.265 e. The van der Waals surface area contributed by atoms with Gasteiger partial charge in [-0.1, -0.05) is 23.2 Å². The zero-order valence-corrected chi connectivity index (χ0v) is 13.6. The van der Waals surface area contributed by atoms with Gasteiger partial charge in [-0.25, -0.2) is 0 Å². The normalized spacial score (nSPS) is 11.0. The molecule has 0 atom stereocenters. The minimum atomic E-state index is -0.209. The maximum atomic E-state index is 12.3. The van der Waals surface area contributed by atoms with Gasteiger partial charge in [0.05, 0.1) is 21.3 Å². The number of aryl methyl sites for hydroxylation is 2. The number of aromatic nitrogens is 2. The van der Waals surface area contributed by atoms with Crippen LogP contribution in [0.3, 0.4) is 0 Å². The molecule has 0 unspecified atom stereocenters. The lowest BCUT2D eigenvalue weighted by Gasteiger charge is -2.06. The summed E-state index contributed by atoms with van der Waals surface area (Å²) in [4.78, 5) is 13.9. The van der Waals surface area contributed by atoms with Crippen molar-refractivity contribution in [3.8, 4) is 0 Å². The Hall–Kier alpha value is -1.56. The number of nitrogens with one attached hydrogen (secondary N) is 1. The van der Waals surface area contributed by atoms with Crippen LogP contribution in [0, 0.1) is 6.92 Å². The lowest BCUT2D eigenvalue weighted by atomic mass is 10.3. The number of nitrogens with zero attached hydrogens (tertiary/aromatic N) is 2. The number of hydrogen-bond acceptors (Lipinski definition) is 3. The second-order valence-electron chi connectivity index (χ2n) is 4.62. The molecule has 21 heavy (non-hydrogen) atoms. The smallest absolute Gasteiger partial charge is 0.265 e. The van der Waals surface area contributed by atoms with E-state index in [-0.39, 0.29) is 5.91 Å². The summed E-state index contributed by atoms with van der Waals surface area (Å²) in [7, 11) is 1.86. The van der Waals surface area contributed by atoms with Gasteiger partial charge in [-0.3, -0.25) is 9.48 Å². The third kappa shape index (κ3) is 2.64. The molecule has 3 aromatic rings. The van der Waals surface area contributed by atoms with E-state index in [4.69, 9.17) is 23.2 Å². The van der Waals surface area contributed by atoms with E-state index in [9.17, 15) is 4.79 Å². The predicted molar refractivity (Wildman–Crippen MR) is 87.7 cm³/mol. The third-order valence-corrected chi connectivity index (χ3v) is 4.86. The Morgan fingerprint density at radius 3 is 2.81 bits per heavy atom. The molecule has 0 saturated carbocycles. The molecule has 7 heteroatoms. The highest BCUT2D eigenvalue weighted by Crippen LogP contribution is 2.30. The molecule has 3 rings (SSSR count). The number of rotatable bonds is 2. The molecule has 1 amide bonds. The van der Waals surface area contributed by atoms with Gasteiger partial charge in [0.2, 0.25) is 0 Å². The first kappa shape index (κ1) is 14.4. The lowest BCUT2D eigenvalue weighted by molar-refractivity contribution is 0.103. The summed E-state index contributed by atoms with van der Waals surface area (Å²) in [6.07, 6.45) is 0. The lowest BCUT2D eigenvalue weighted by Crippen LogP contribution is -2.10. The first-order valence-electron chi connectivity index (χ1n) is 6.15. The van der Waals surface area contributed by atoms with E-state index in [0.29, 0.717) is 20.6 Å². The fourth-order valence-corrected chi connectivity index (χ4v) is 3.45. The van der Waals surface area contributed by atoms with Crippen LogP contribution < -0.4 is 5.32 Å². The molecule has 1 N–H and O–H groups in total. The van der Waals surface area contributed by atoms with Crippen molar-refractivity contribution in [1.29, 1.82) is 0 Å². The average molecular weight is 340 g/mol. The van der Waals surface area contributed by atoms with Crippen molar-refractivity contribution in [2.24, 2.45) is 7.05 Å². The Labute approximate surface area is 135 Å². The molecule has 4 nitrogen and oxygen atoms in total. The van der Waals surface area contributed by atoms with Crippen LogP contribution in [0.15, 0.2) is 24.3 Å². The van der Waals surface area contributed by atoms with Gasteiger partial charge in [0, 0.05) is 17.5 Å². The first-order chi connectivity index (χ1) is 9.95. The largest absolute Gasteiger partial charge is 0.320 e. The summed E-state index contributed by atoms with van der Waals surface area (Å²) in [6.45, 7) is 1.92. The number of halogens is 2. The van der Waals surface area contributed by atoms with Gasteiger partial charge in [0.15, 0.2) is 0 Å². The highest BCUT2D eigenvalue weighted by molar-refractivity contribution is 7.20. The quantitative estimate of drug-likeness (QED) is 0.746. The van der Waals surface area contributed by atoms with Crippen LogP contribution in [0.5, 0.6) is 0 Å². The molecule has 0 aliphatic rings. The fraction of sp³-hybridized carbons (Fsp3) is 0.143. The molecule has 0 aliphatic heterocycles. The number of benzene rings is 1. The van der Waals surface area contributed by atoms with Crippen LogP contribution in [0.2, 0.25) is 10.0 Å². The zero-order valence-electron chi connectivity index (χ0n) is 11.3. The molecule has 2 aromatic heterocycles. The summed E-state index contributed by atoms with van der Waals surface area (Å²) in [6, 6.07) is 6.80. The van der Waals surface area contributed by atoms with E-state index < -0.39 is 0 Å². The first-order valence-corrected chi connectivity index (χ1v) is 7.72. The van der Waals surface area contributed by atoms with Crippen molar-refractivity contribution in [2.45, 2.75) is 6.92 Å². The number of carbonyl (C=O) groups excluding carboxylic acids is 1. The summed E-state index contributed by atoms with van der Waals surface area (Å²) in [5.74, 6) is -0.209. The SMILES string of the molecule is Cc1nn(C)c2sc(C(=O)Nc3cc(Cl)ccc3Cl)cc12. The molecule has 1 aromatic carbocycles. The Bertz CT molecular complexity index is 819. The Morgan fingerprint density at radius 2 is 2.10 bits per heavy atom. The van der Waals surface area contributed by atoms with E-state index in [1.54, 1.807) is 22.9 Å². The minimum absolute atomic E-state index is 0.209. The van der Waals surface area contributed by atoms with Crippen molar-refractivity contribution in [2.75, 3.05) is 5.32 Å². The van der Waals surface area contributed by atoms with Crippen molar-refractivity contribution < 1.29 is 4.79 Å². The Morgan fingerprint density at radius 1 is 1.33 bits per heavy atom. The van der Waals surface area contributed by atoms with Crippen LogP contribution in [0.4, 0.5) is 5.69 Å². The number of amides is 1. The van der Waals surface area contributed by atoms with Gasteiger partial charge >= 0.3 is 0 Å². The second kappa shape index (κ2) is 5.33. The summed E-state index contributed by atoms with van der Waals surface area (Å²) in [5, 5.41) is 9.06. The van der Waals surface area contributed by atoms with Gasteiger partial charge in [0.25, 0.3) is 5.91 Å². The molecular formula is C14H11Cl2N3OS. The van der Waals surface area contributed by atoms with E-state index in [1.165, 1.54) is 11.3 Å². The van der Waals surface area contributed by atoms with Crippen molar-refractivity contribution in [1.82, 2.24) is 9.78 Å². The molecule has 0 radical (unpaired) electrons. The average Bonchev–Trinajstić information content (AvgIpc) is 2.97. The second-order valence-corrected chi connectivity index (χ2v) is 6.49. The molecule has 0 spiro atoms. The van der Waals surface area contributed by atoms with Crippen LogP contribution in [-0.4, -0.2) is 15.7 Å². The standard InChI is InChI=1S/C14H11Cl2N3OS/c1-7-9-6-12(21-14(9)19(2)18-7)13(20)17-11-5-8(15)3-4-10(11)16/h3-6H,1-2H3,(H,17,20). The number of carbonyl (C=O) groups is 1. The van der Waals surface area contributed by atoms with E-state index >= 15 is 0 Å². The van der Waals surface area contributed by atoms with Crippen LogP contribution in [-0.2, 0) is 7.05 Å². The Kier molecular flexibility index (Phi) is 3.65. The van der Waals surface area contributed by atoms with Crippen LogP contribution in [0.1, 0.15) is 15.4 Å². The summed E-state index contributed by atoms with van der Waals surface area (Å²) in [5.41, 5.74) is 1.41. The molecular weight excluding hydrogens is 329 g/mol. The molecule has 0 bridgehead atoms. The Balaban J connectivity index is 1.93. The number of fused-ring (bicyclic) bond motifs is 1. The maximum absolute atomic E-state index is 12.3. The molecule has 0 aliphatic carbocycles. The van der Waals surface area contributed by atoms with Crippen molar-refractivity contribution in [3.63, 3.8) is 0 Å². The highest BCUT2D eigenvalue weighted by atomic mass is 35.5. The minimum Gasteiger partial charge on any atom is -0.320 e. The number of anilines is 1.